The van der Waals surface area contributed by atoms with Gasteiger partial charge in [-0.2, -0.15) is 0 Å². The molecule has 5 heteroatoms. The van der Waals surface area contributed by atoms with Crippen molar-refractivity contribution >= 4 is 17.3 Å². The first-order valence-electron chi connectivity index (χ1n) is 2.92. The van der Waals surface area contributed by atoms with Gasteiger partial charge in [0.2, 0.25) is 0 Å². The monoisotopic (exact) mass is 168 g/mol. The summed E-state index contributed by atoms with van der Waals surface area (Å²) >= 11 is 5.74. The Hall–Kier alpha value is -1.25. The first-order valence-corrected chi connectivity index (χ1v) is 3.29. The molecule has 0 bridgehead atoms. The van der Waals surface area contributed by atoms with Crippen molar-refractivity contribution in [2.75, 3.05) is 0 Å². The highest BCUT2D eigenvalue weighted by Gasteiger charge is 1.99. The van der Waals surface area contributed by atoms with Gasteiger partial charge >= 0.3 is 0 Å². The van der Waals surface area contributed by atoms with E-state index >= 15 is 0 Å². The van der Waals surface area contributed by atoms with E-state index in [1.165, 1.54) is 0 Å². The van der Waals surface area contributed by atoms with Crippen LogP contribution in [0.15, 0.2) is 17.4 Å². The van der Waals surface area contributed by atoms with Crippen LogP contribution in [0, 0.1) is 6.92 Å². The fraction of sp³-hybridized carbons (Fsp3) is 0.167. The molecule has 0 aliphatic rings. The molecule has 1 aromatic rings. The molecule has 11 heavy (non-hydrogen) atoms. The van der Waals surface area contributed by atoms with Gasteiger partial charge in [0, 0.05) is 11.1 Å². The van der Waals surface area contributed by atoms with E-state index in [1.807, 2.05) is 0 Å². The summed E-state index contributed by atoms with van der Waals surface area (Å²) in [5.41, 5.74) is 9.20. The van der Waals surface area contributed by atoms with Gasteiger partial charge in [0.1, 0.15) is 0 Å². The first kappa shape index (κ1) is 7.85. The van der Waals surface area contributed by atoms with Crippen LogP contribution in [0.2, 0.25) is 5.02 Å². The van der Waals surface area contributed by atoms with Crippen LogP contribution in [-0.4, -0.2) is 4.98 Å². The van der Waals surface area contributed by atoms with E-state index in [4.69, 9.17) is 17.1 Å². The Labute approximate surface area is 68.5 Å². The van der Waals surface area contributed by atoms with Crippen LogP contribution in [0.4, 0.5) is 5.69 Å². The Morgan fingerprint density at radius 3 is 3.09 bits per heavy atom. The van der Waals surface area contributed by atoms with E-state index in [2.05, 4.69) is 15.0 Å². The summed E-state index contributed by atoms with van der Waals surface area (Å²) in [5.74, 6) is 0. The molecule has 0 fully saturated rings. The van der Waals surface area contributed by atoms with E-state index < -0.39 is 0 Å². The molecule has 1 rings (SSSR count). The largest absolute Gasteiger partial charge is 0.260 e. The minimum atomic E-state index is 0.408. The number of rotatable bonds is 1. The van der Waals surface area contributed by atoms with Crippen molar-refractivity contribution in [3.05, 3.63) is 33.4 Å². The highest BCUT2D eigenvalue weighted by atomic mass is 35.5. The molecular formula is C6H5ClN4. The standard InChI is InChI=1S/C6H5ClN4/c1-4-6(7)5(10-11-8)2-3-9-4/h2-3H,1H3. The molecule has 0 aliphatic carbocycles. The summed E-state index contributed by atoms with van der Waals surface area (Å²) in [6.45, 7) is 1.75. The maximum Gasteiger partial charge on any atom is 0.0714 e. The summed E-state index contributed by atoms with van der Waals surface area (Å²) in [6.07, 6.45) is 1.55. The second-order valence-corrected chi connectivity index (χ2v) is 2.30. The zero-order chi connectivity index (χ0) is 8.27. The molecule has 0 unspecified atom stereocenters. The van der Waals surface area contributed by atoms with E-state index in [1.54, 1.807) is 19.2 Å². The van der Waals surface area contributed by atoms with Crippen LogP contribution in [-0.2, 0) is 0 Å². The van der Waals surface area contributed by atoms with E-state index in [9.17, 15) is 0 Å². The second kappa shape index (κ2) is 3.23. The van der Waals surface area contributed by atoms with Crippen LogP contribution in [0.5, 0.6) is 0 Å². The highest BCUT2D eigenvalue weighted by molar-refractivity contribution is 6.33. The summed E-state index contributed by atoms with van der Waals surface area (Å²) in [7, 11) is 0. The Morgan fingerprint density at radius 1 is 1.73 bits per heavy atom. The van der Waals surface area contributed by atoms with E-state index in [0.29, 0.717) is 16.4 Å². The summed E-state index contributed by atoms with van der Waals surface area (Å²) in [6, 6.07) is 1.56. The minimum absolute atomic E-state index is 0.408. The van der Waals surface area contributed by atoms with Gasteiger partial charge in [0.25, 0.3) is 0 Å². The Kier molecular flexibility index (Phi) is 2.31. The summed E-state index contributed by atoms with van der Waals surface area (Å²) in [4.78, 5) is 6.53. The first-order chi connectivity index (χ1) is 5.25. The predicted octanol–water partition coefficient (Wildman–Crippen LogP) is 2.99. The third-order valence-corrected chi connectivity index (χ3v) is 1.66. The molecule has 0 spiro atoms. The molecule has 56 valence electrons. The lowest BCUT2D eigenvalue weighted by molar-refractivity contribution is 1.19. The van der Waals surface area contributed by atoms with Gasteiger partial charge in [-0.1, -0.05) is 16.7 Å². The van der Waals surface area contributed by atoms with E-state index in [0.717, 1.165) is 0 Å². The quantitative estimate of drug-likeness (QED) is 0.361. The van der Waals surface area contributed by atoms with Crippen LogP contribution in [0.1, 0.15) is 5.69 Å². The Morgan fingerprint density at radius 2 is 2.45 bits per heavy atom. The van der Waals surface area contributed by atoms with Crippen molar-refractivity contribution in [2.24, 2.45) is 5.11 Å². The topological polar surface area (TPSA) is 61.7 Å². The molecule has 0 saturated heterocycles. The van der Waals surface area contributed by atoms with Gasteiger partial charge in [-0.3, -0.25) is 4.98 Å². The molecular weight excluding hydrogens is 164 g/mol. The number of azide groups is 1. The number of nitrogens with zero attached hydrogens (tertiary/aromatic N) is 4. The smallest absolute Gasteiger partial charge is 0.0714 e. The van der Waals surface area contributed by atoms with Gasteiger partial charge in [0.05, 0.1) is 16.4 Å². The summed E-state index contributed by atoms with van der Waals surface area (Å²) < 4.78 is 0. The average Bonchev–Trinajstić information content (AvgIpc) is 1.99. The zero-order valence-electron chi connectivity index (χ0n) is 5.82. The van der Waals surface area contributed by atoms with Crippen LogP contribution in [0.25, 0.3) is 10.4 Å². The number of hydrogen-bond donors (Lipinski definition) is 0. The lowest BCUT2D eigenvalue weighted by atomic mass is 10.3. The van der Waals surface area contributed by atoms with Crippen LogP contribution < -0.4 is 0 Å². The van der Waals surface area contributed by atoms with Gasteiger partial charge in [0.15, 0.2) is 0 Å². The third-order valence-electron chi connectivity index (χ3n) is 1.20. The number of pyridine rings is 1. The average molecular weight is 169 g/mol. The molecule has 0 amide bonds. The van der Waals surface area contributed by atoms with Crippen LogP contribution in [0.3, 0.4) is 0 Å². The number of aromatic nitrogens is 1. The third kappa shape index (κ3) is 1.61. The van der Waals surface area contributed by atoms with Crippen molar-refractivity contribution in [3.63, 3.8) is 0 Å². The fourth-order valence-corrected chi connectivity index (χ4v) is 0.810. The maximum absolute atomic E-state index is 8.11. The zero-order valence-corrected chi connectivity index (χ0v) is 6.58. The van der Waals surface area contributed by atoms with Crippen LogP contribution >= 0.6 is 11.6 Å². The lowest BCUT2D eigenvalue weighted by Gasteiger charge is -1.97. The van der Waals surface area contributed by atoms with Gasteiger partial charge in [-0.25, -0.2) is 0 Å². The normalized spacial score (nSPS) is 8.91. The maximum atomic E-state index is 8.11. The van der Waals surface area contributed by atoms with Crippen molar-refractivity contribution in [1.29, 1.82) is 0 Å². The van der Waals surface area contributed by atoms with Crippen molar-refractivity contribution < 1.29 is 0 Å². The lowest BCUT2D eigenvalue weighted by Crippen LogP contribution is -1.79. The highest BCUT2D eigenvalue weighted by Crippen LogP contribution is 2.25. The minimum Gasteiger partial charge on any atom is -0.260 e. The van der Waals surface area contributed by atoms with Crippen molar-refractivity contribution in [3.8, 4) is 0 Å². The molecule has 1 aromatic heterocycles. The Bertz CT molecular complexity index is 316. The number of hydrogen-bond acceptors (Lipinski definition) is 2. The van der Waals surface area contributed by atoms with Crippen molar-refractivity contribution in [2.45, 2.75) is 6.92 Å². The van der Waals surface area contributed by atoms with Gasteiger partial charge < -0.3 is 0 Å². The second-order valence-electron chi connectivity index (χ2n) is 1.92. The molecule has 0 atom stereocenters. The molecule has 4 nitrogen and oxygen atoms in total. The molecule has 0 N–H and O–H groups in total. The molecule has 0 saturated carbocycles. The predicted molar refractivity (Wildman–Crippen MR) is 42.8 cm³/mol. The Balaban J connectivity index is 3.26. The molecule has 0 radical (unpaired) electrons. The molecule has 1 heterocycles. The SMILES string of the molecule is Cc1nccc(N=[N+]=[N-])c1Cl. The van der Waals surface area contributed by atoms with Crippen molar-refractivity contribution in [1.82, 2.24) is 4.98 Å². The van der Waals surface area contributed by atoms with Gasteiger partial charge in [-0.05, 0) is 18.5 Å². The number of halogens is 1. The number of aryl methyl sites for hydroxylation is 1. The summed E-state index contributed by atoms with van der Waals surface area (Å²) in [5, 5.41) is 3.78. The molecule has 0 aliphatic heterocycles. The van der Waals surface area contributed by atoms with E-state index in [-0.39, 0.29) is 0 Å². The molecule has 0 aromatic carbocycles. The van der Waals surface area contributed by atoms with Gasteiger partial charge in [-0.15, -0.1) is 0 Å². The fourth-order valence-electron chi connectivity index (χ4n) is 0.660.